The number of hydrogen-bond acceptors (Lipinski definition) is 5. The van der Waals surface area contributed by atoms with Gasteiger partial charge in [-0.1, -0.05) is 12.1 Å². The summed E-state index contributed by atoms with van der Waals surface area (Å²) in [5.74, 6) is -1.11. The van der Waals surface area contributed by atoms with E-state index in [0.29, 0.717) is 17.8 Å². The normalized spacial score (nSPS) is 17.5. The van der Waals surface area contributed by atoms with E-state index < -0.39 is 17.5 Å². The van der Waals surface area contributed by atoms with E-state index in [1.165, 1.54) is 23.0 Å². The molecule has 0 spiro atoms. The molecule has 1 aromatic heterocycles. The zero-order valence-corrected chi connectivity index (χ0v) is 17.8. The Morgan fingerprint density at radius 2 is 1.97 bits per heavy atom. The van der Waals surface area contributed by atoms with Crippen molar-refractivity contribution in [3.8, 4) is 5.75 Å². The summed E-state index contributed by atoms with van der Waals surface area (Å²) in [6, 6.07) is 6.80. The van der Waals surface area contributed by atoms with Crippen LogP contribution in [-0.2, 0) is 11.2 Å². The first-order chi connectivity index (χ1) is 14.1. The van der Waals surface area contributed by atoms with Crippen LogP contribution in [0.4, 0.5) is 13.2 Å². The van der Waals surface area contributed by atoms with E-state index in [9.17, 15) is 23.1 Å². The van der Waals surface area contributed by atoms with Gasteiger partial charge in [0.05, 0.1) is 10.9 Å². The van der Waals surface area contributed by atoms with Crippen molar-refractivity contribution in [2.75, 3.05) is 20.6 Å². The molecule has 164 valence electrons. The van der Waals surface area contributed by atoms with Crippen molar-refractivity contribution in [2.24, 2.45) is 5.41 Å². The molecule has 2 atom stereocenters. The quantitative estimate of drug-likeness (QED) is 0.618. The van der Waals surface area contributed by atoms with Crippen LogP contribution in [0, 0.1) is 5.41 Å². The number of hydrogen-bond donors (Lipinski definition) is 2. The Kier molecular flexibility index (Phi) is 6.71. The molecule has 30 heavy (non-hydrogen) atoms. The minimum Gasteiger partial charge on any atom is -0.508 e. The van der Waals surface area contributed by atoms with E-state index in [-0.39, 0.29) is 37.0 Å². The maximum atomic E-state index is 13.7. The van der Waals surface area contributed by atoms with Gasteiger partial charge < -0.3 is 15.3 Å². The number of likely N-dealkylation sites (N-methyl/N-ethyl adjacent to an activating group) is 1. The van der Waals surface area contributed by atoms with Gasteiger partial charge in [0.15, 0.2) is 0 Å². The number of nitrogens with zero attached hydrogens (tertiary/aromatic N) is 2. The third-order valence-corrected chi connectivity index (χ3v) is 6.77. The lowest BCUT2D eigenvalue weighted by Gasteiger charge is -2.29. The zero-order valence-electron chi connectivity index (χ0n) is 16.9. The van der Waals surface area contributed by atoms with Gasteiger partial charge >= 0.3 is 6.18 Å². The first-order valence-electron chi connectivity index (χ1n) is 9.78. The molecule has 9 heteroatoms. The Morgan fingerprint density at radius 3 is 2.47 bits per heavy atom. The maximum absolute atomic E-state index is 13.7. The molecule has 3 rings (SSSR count). The highest BCUT2D eigenvalue weighted by molar-refractivity contribution is 7.09. The Hall–Kier alpha value is -2.13. The van der Waals surface area contributed by atoms with Gasteiger partial charge in [0.1, 0.15) is 5.75 Å². The molecular formula is C21H26F3N3O2S. The molecule has 0 aliphatic heterocycles. The molecule has 5 nitrogen and oxygen atoms in total. The number of aromatic nitrogens is 1. The van der Waals surface area contributed by atoms with Gasteiger partial charge in [0.2, 0.25) is 5.91 Å². The van der Waals surface area contributed by atoms with Crippen LogP contribution < -0.4 is 5.32 Å². The summed E-state index contributed by atoms with van der Waals surface area (Å²) in [6.45, 7) is 0.321. The van der Waals surface area contributed by atoms with Crippen molar-refractivity contribution in [1.29, 1.82) is 0 Å². The highest BCUT2D eigenvalue weighted by Gasteiger charge is 2.67. The van der Waals surface area contributed by atoms with E-state index in [4.69, 9.17) is 0 Å². The number of aromatic hydroxyl groups is 1. The van der Waals surface area contributed by atoms with Crippen LogP contribution in [0.2, 0.25) is 0 Å². The van der Waals surface area contributed by atoms with E-state index >= 15 is 0 Å². The second kappa shape index (κ2) is 8.93. The summed E-state index contributed by atoms with van der Waals surface area (Å²) >= 11 is 1.17. The fourth-order valence-electron chi connectivity index (χ4n) is 3.76. The number of carbonyl (C=O) groups is 1. The summed E-state index contributed by atoms with van der Waals surface area (Å²) in [5, 5.41) is 12.2. The largest absolute Gasteiger partial charge is 0.508 e. The van der Waals surface area contributed by atoms with Gasteiger partial charge in [0, 0.05) is 36.0 Å². The number of thiazole rings is 1. The van der Waals surface area contributed by atoms with Crippen molar-refractivity contribution in [3.63, 3.8) is 0 Å². The van der Waals surface area contributed by atoms with E-state index in [1.807, 2.05) is 31.1 Å². The van der Waals surface area contributed by atoms with Crippen LogP contribution in [0.3, 0.4) is 0 Å². The van der Waals surface area contributed by atoms with E-state index in [1.54, 1.807) is 12.1 Å². The fourth-order valence-corrected chi connectivity index (χ4v) is 4.60. The molecule has 2 N–H and O–H groups in total. The van der Waals surface area contributed by atoms with Crippen LogP contribution in [0.5, 0.6) is 5.75 Å². The molecule has 0 saturated heterocycles. The summed E-state index contributed by atoms with van der Waals surface area (Å²) in [7, 11) is 3.78. The highest BCUT2D eigenvalue weighted by atomic mass is 32.1. The van der Waals surface area contributed by atoms with E-state index in [0.717, 1.165) is 5.56 Å². The molecule has 2 aromatic rings. The van der Waals surface area contributed by atoms with Gasteiger partial charge in [-0.05, 0) is 51.1 Å². The van der Waals surface area contributed by atoms with E-state index in [2.05, 4.69) is 10.3 Å². The SMILES string of the molecule is CN(C)[C@H](CNC(=O)C[C@H](c1cncs1)C1(C(F)(F)F)CC1)Cc1ccc(O)cc1. The van der Waals surface area contributed by atoms with Gasteiger partial charge in [-0.15, -0.1) is 11.3 Å². The number of phenolic OH excluding ortho intramolecular Hbond substituents is 1. The van der Waals surface area contributed by atoms with Gasteiger partial charge in [0.25, 0.3) is 0 Å². The molecule has 0 radical (unpaired) electrons. The summed E-state index contributed by atoms with van der Waals surface area (Å²) < 4.78 is 41.1. The monoisotopic (exact) mass is 441 g/mol. The molecule has 0 bridgehead atoms. The molecule has 1 aromatic carbocycles. The lowest BCUT2D eigenvalue weighted by molar-refractivity contribution is -0.194. The minimum atomic E-state index is -4.34. The predicted molar refractivity (Wildman–Crippen MR) is 109 cm³/mol. The van der Waals surface area contributed by atoms with Crippen LogP contribution in [0.25, 0.3) is 0 Å². The Morgan fingerprint density at radius 1 is 1.30 bits per heavy atom. The number of alkyl halides is 3. The van der Waals surface area contributed by atoms with Crippen molar-refractivity contribution in [2.45, 2.75) is 43.8 Å². The number of benzene rings is 1. The number of carbonyl (C=O) groups excluding carboxylic acids is 1. The van der Waals surface area contributed by atoms with Crippen LogP contribution in [-0.4, -0.2) is 53.8 Å². The standard InChI is InChI=1S/C21H26F3N3O2S/c1-27(2)15(9-14-3-5-16(28)6-4-14)11-26-19(29)10-17(18-12-25-13-30-18)20(7-8-20)21(22,23)24/h3-6,12-13,15,17,28H,7-11H2,1-2H3,(H,26,29)/t15-,17+/m0/s1. The van der Waals surface area contributed by atoms with Crippen molar-refractivity contribution in [1.82, 2.24) is 15.2 Å². The number of halogens is 3. The predicted octanol–water partition coefficient (Wildman–Crippen LogP) is 3.95. The molecule has 1 aliphatic carbocycles. The molecular weight excluding hydrogens is 415 g/mol. The second-order valence-electron chi connectivity index (χ2n) is 8.11. The lowest BCUT2D eigenvalue weighted by atomic mass is 9.84. The second-order valence-corrected chi connectivity index (χ2v) is 9.02. The van der Waals surface area contributed by atoms with Gasteiger partial charge in [-0.2, -0.15) is 13.2 Å². The lowest BCUT2D eigenvalue weighted by Crippen LogP contribution is -2.42. The van der Waals surface area contributed by atoms with Crippen LogP contribution in [0.1, 0.15) is 35.6 Å². The van der Waals surface area contributed by atoms with Gasteiger partial charge in [-0.25, -0.2) is 0 Å². The fraction of sp³-hybridized carbons (Fsp3) is 0.524. The first kappa shape index (κ1) is 22.6. The summed E-state index contributed by atoms with van der Waals surface area (Å²) in [5.41, 5.74) is 0.688. The molecule has 1 amide bonds. The number of phenols is 1. The Labute approximate surface area is 177 Å². The highest BCUT2D eigenvalue weighted by Crippen LogP contribution is 2.66. The molecule has 1 fully saturated rings. The van der Waals surface area contributed by atoms with Crippen LogP contribution >= 0.6 is 11.3 Å². The average molecular weight is 442 g/mol. The molecule has 1 heterocycles. The number of rotatable bonds is 9. The maximum Gasteiger partial charge on any atom is 0.395 e. The molecule has 1 saturated carbocycles. The van der Waals surface area contributed by atoms with Crippen LogP contribution in [0.15, 0.2) is 36.0 Å². The average Bonchev–Trinajstić information content (AvgIpc) is 3.32. The number of amides is 1. The Bertz CT molecular complexity index is 834. The molecule has 1 aliphatic rings. The van der Waals surface area contributed by atoms with Crippen molar-refractivity contribution >= 4 is 17.2 Å². The smallest absolute Gasteiger partial charge is 0.395 e. The van der Waals surface area contributed by atoms with Crippen molar-refractivity contribution < 1.29 is 23.1 Å². The third-order valence-electron chi connectivity index (χ3n) is 5.88. The Balaban J connectivity index is 1.64. The summed E-state index contributed by atoms with van der Waals surface area (Å²) in [6.07, 6.45) is -2.37. The number of nitrogens with one attached hydrogen (secondary N) is 1. The van der Waals surface area contributed by atoms with Crippen molar-refractivity contribution in [3.05, 3.63) is 46.4 Å². The minimum absolute atomic E-state index is 0.0298. The van der Waals surface area contributed by atoms with Gasteiger partial charge in [-0.3, -0.25) is 9.78 Å². The topological polar surface area (TPSA) is 65.5 Å². The third kappa shape index (κ3) is 5.13. The zero-order chi connectivity index (χ0) is 21.9. The molecule has 0 unspecified atom stereocenters. The first-order valence-corrected chi connectivity index (χ1v) is 10.7. The summed E-state index contributed by atoms with van der Waals surface area (Å²) in [4.78, 5) is 19.0.